The van der Waals surface area contributed by atoms with E-state index in [4.69, 9.17) is 11.6 Å². The Morgan fingerprint density at radius 3 is 3.09 bits per heavy atom. The van der Waals surface area contributed by atoms with Crippen molar-refractivity contribution in [3.63, 3.8) is 0 Å². The van der Waals surface area contributed by atoms with Crippen molar-refractivity contribution in [1.29, 1.82) is 0 Å². The quantitative estimate of drug-likeness (QED) is 0.679. The Labute approximate surface area is 75.1 Å². The van der Waals surface area contributed by atoms with Crippen LogP contribution >= 0.6 is 23.4 Å². The second-order valence-corrected chi connectivity index (χ2v) is 3.46. The molecular weight excluding hydrogens is 182 g/mol. The highest BCUT2D eigenvalue weighted by atomic mass is 35.5. The normalized spacial score (nSPS) is 10.4. The first-order valence-corrected chi connectivity index (χ1v) is 5.14. The first-order valence-electron chi connectivity index (χ1n) is 3.37. The molecule has 0 amide bonds. The summed E-state index contributed by atoms with van der Waals surface area (Å²) in [5, 5.41) is 7.82. The van der Waals surface area contributed by atoms with Crippen LogP contribution in [0.3, 0.4) is 0 Å². The van der Waals surface area contributed by atoms with Crippen molar-refractivity contribution in [3.8, 4) is 0 Å². The highest BCUT2D eigenvalue weighted by molar-refractivity contribution is 7.98. The summed E-state index contributed by atoms with van der Waals surface area (Å²) in [7, 11) is 0. The van der Waals surface area contributed by atoms with Crippen molar-refractivity contribution in [2.75, 3.05) is 12.0 Å². The van der Waals surface area contributed by atoms with Gasteiger partial charge in [0.2, 0.25) is 5.28 Å². The largest absolute Gasteiger partial charge is 0.304 e. The van der Waals surface area contributed by atoms with Crippen LogP contribution in [0.15, 0.2) is 6.33 Å². The minimum Gasteiger partial charge on any atom is -0.304 e. The molecule has 11 heavy (non-hydrogen) atoms. The van der Waals surface area contributed by atoms with Gasteiger partial charge in [-0.05, 0) is 30.0 Å². The standard InChI is InChI=1S/C6H10ClN3S/c1-11-4-2-3-10-5-8-9-6(10)7/h5H,2-4H2,1H3. The number of thioether (sulfide) groups is 1. The average Bonchev–Trinajstić information content (AvgIpc) is 2.37. The Morgan fingerprint density at radius 2 is 2.55 bits per heavy atom. The second-order valence-electron chi connectivity index (χ2n) is 2.14. The lowest BCUT2D eigenvalue weighted by molar-refractivity contribution is 0.682. The molecular formula is C6H10ClN3S. The lowest BCUT2D eigenvalue weighted by Crippen LogP contribution is -1.97. The van der Waals surface area contributed by atoms with Gasteiger partial charge in [0.05, 0.1) is 0 Å². The van der Waals surface area contributed by atoms with E-state index >= 15 is 0 Å². The molecule has 1 aromatic rings. The van der Waals surface area contributed by atoms with Gasteiger partial charge in [-0.2, -0.15) is 11.8 Å². The van der Waals surface area contributed by atoms with E-state index in [-0.39, 0.29) is 0 Å². The fraction of sp³-hybridized carbons (Fsp3) is 0.667. The Morgan fingerprint density at radius 1 is 1.73 bits per heavy atom. The van der Waals surface area contributed by atoms with Crippen molar-refractivity contribution in [1.82, 2.24) is 14.8 Å². The maximum atomic E-state index is 5.70. The minimum atomic E-state index is 0.478. The molecule has 0 aliphatic heterocycles. The van der Waals surface area contributed by atoms with Crippen LogP contribution in [0.4, 0.5) is 0 Å². The van der Waals surface area contributed by atoms with Gasteiger partial charge >= 0.3 is 0 Å². The zero-order valence-corrected chi connectivity index (χ0v) is 7.90. The number of nitrogens with zero attached hydrogens (tertiary/aromatic N) is 3. The number of hydrogen-bond acceptors (Lipinski definition) is 3. The van der Waals surface area contributed by atoms with E-state index in [2.05, 4.69) is 16.5 Å². The molecule has 62 valence electrons. The van der Waals surface area contributed by atoms with Crippen molar-refractivity contribution < 1.29 is 0 Å². The third kappa shape index (κ3) is 2.71. The van der Waals surface area contributed by atoms with Crippen LogP contribution in [0, 0.1) is 0 Å². The molecule has 0 atom stereocenters. The lowest BCUT2D eigenvalue weighted by atomic mass is 10.5. The molecule has 0 saturated carbocycles. The average molecular weight is 192 g/mol. The maximum absolute atomic E-state index is 5.70. The van der Waals surface area contributed by atoms with Crippen LogP contribution in [0.5, 0.6) is 0 Å². The molecule has 1 aromatic heterocycles. The second kappa shape index (κ2) is 4.62. The monoisotopic (exact) mass is 191 g/mol. The van der Waals surface area contributed by atoms with Crippen molar-refractivity contribution in [3.05, 3.63) is 11.6 Å². The third-order valence-corrected chi connectivity index (χ3v) is 2.31. The van der Waals surface area contributed by atoms with Gasteiger partial charge in [-0.25, -0.2) is 0 Å². The summed E-state index contributed by atoms with van der Waals surface area (Å²) in [6.07, 6.45) is 4.86. The molecule has 1 heterocycles. The van der Waals surface area contributed by atoms with Crippen molar-refractivity contribution in [2.24, 2.45) is 0 Å². The SMILES string of the molecule is CSCCCn1cnnc1Cl. The molecule has 0 aliphatic carbocycles. The number of hydrogen-bond donors (Lipinski definition) is 0. The molecule has 0 aliphatic rings. The van der Waals surface area contributed by atoms with E-state index < -0.39 is 0 Å². The summed E-state index contributed by atoms with van der Waals surface area (Å²) in [6.45, 7) is 0.909. The fourth-order valence-electron chi connectivity index (χ4n) is 0.770. The number of rotatable bonds is 4. The molecule has 1 rings (SSSR count). The molecule has 0 fully saturated rings. The van der Waals surface area contributed by atoms with Crippen molar-refractivity contribution >= 4 is 23.4 Å². The maximum Gasteiger partial charge on any atom is 0.224 e. The predicted molar refractivity (Wildman–Crippen MR) is 48.0 cm³/mol. The topological polar surface area (TPSA) is 30.7 Å². The van der Waals surface area contributed by atoms with Gasteiger partial charge < -0.3 is 4.57 Å². The van der Waals surface area contributed by atoms with Gasteiger partial charge in [0.15, 0.2) is 0 Å². The molecule has 5 heteroatoms. The molecule has 0 saturated heterocycles. The van der Waals surface area contributed by atoms with E-state index in [1.165, 1.54) is 0 Å². The predicted octanol–water partition coefficient (Wildman–Crippen LogP) is 1.68. The number of aryl methyl sites for hydroxylation is 1. The minimum absolute atomic E-state index is 0.478. The summed E-state index contributed by atoms with van der Waals surface area (Å²) in [6, 6.07) is 0. The van der Waals surface area contributed by atoms with E-state index in [0.717, 1.165) is 18.7 Å². The van der Waals surface area contributed by atoms with Crippen LogP contribution in [0.2, 0.25) is 5.28 Å². The highest BCUT2D eigenvalue weighted by Gasteiger charge is 1.97. The number of halogens is 1. The number of aromatic nitrogens is 3. The van der Waals surface area contributed by atoms with E-state index in [1.54, 1.807) is 6.33 Å². The van der Waals surface area contributed by atoms with Gasteiger partial charge in [0, 0.05) is 6.54 Å². The summed E-state index contributed by atoms with van der Waals surface area (Å²) < 4.78 is 1.85. The van der Waals surface area contributed by atoms with Crippen molar-refractivity contribution in [2.45, 2.75) is 13.0 Å². The Balaban J connectivity index is 2.32. The first-order chi connectivity index (χ1) is 5.34. The van der Waals surface area contributed by atoms with Gasteiger partial charge in [0.25, 0.3) is 0 Å². The van der Waals surface area contributed by atoms with E-state index in [0.29, 0.717) is 5.28 Å². The fourth-order valence-corrected chi connectivity index (χ4v) is 1.36. The summed E-state index contributed by atoms with van der Waals surface area (Å²) in [5.41, 5.74) is 0. The molecule has 0 aromatic carbocycles. The molecule has 0 unspecified atom stereocenters. The molecule has 0 N–H and O–H groups in total. The molecule has 0 radical (unpaired) electrons. The Hall–Kier alpha value is -0.220. The zero-order valence-electron chi connectivity index (χ0n) is 6.33. The molecule has 0 spiro atoms. The molecule has 0 bridgehead atoms. The van der Waals surface area contributed by atoms with Crippen LogP contribution in [-0.2, 0) is 6.54 Å². The molecule has 3 nitrogen and oxygen atoms in total. The van der Waals surface area contributed by atoms with E-state index in [9.17, 15) is 0 Å². The van der Waals surface area contributed by atoms with Crippen LogP contribution < -0.4 is 0 Å². The van der Waals surface area contributed by atoms with Crippen LogP contribution in [0.1, 0.15) is 6.42 Å². The van der Waals surface area contributed by atoms with Crippen LogP contribution in [-0.4, -0.2) is 26.8 Å². The van der Waals surface area contributed by atoms with Gasteiger partial charge in [0.1, 0.15) is 6.33 Å². The Kier molecular flexibility index (Phi) is 3.72. The summed E-state index contributed by atoms with van der Waals surface area (Å²) in [5.74, 6) is 1.15. The lowest BCUT2D eigenvalue weighted by Gasteiger charge is -1.99. The third-order valence-electron chi connectivity index (χ3n) is 1.32. The highest BCUT2D eigenvalue weighted by Crippen LogP contribution is 2.05. The van der Waals surface area contributed by atoms with E-state index in [1.807, 2.05) is 16.3 Å². The smallest absolute Gasteiger partial charge is 0.224 e. The Bertz CT molecular complexity index is 213. The first kappa shape index (κ1) is 8.87. The van der Waals surface area contributed by atoms with Gasteiger partial charge in [-0.15, -0.1) is 10.2 Å². The summed E-state index contributed by atoms with van der Waals surface area (Å²) >= 11 is 7.53. The zero-order chi connectivity index (χ0) is 8.10. The van der Waals surface area contributed by atoms with Gasteiger partial charge in [-0.1, -0.05) is 0 Å². The summed E-state index contributed by atoms with van der Waals surface area (Å²) in [4.78, 5) is 0. The van der Waals surface area contributed by atoms with Crippen LogP contribution in [0.25, 0.3) is 0 Å². The van der Waals surface area contributed by atoms with Gasteiger partial charge in [-0.3, -0.25) is 0 Å².